The van der Waals surface area contributed by atoms with E-state index in [4.69, 9.17) is 16.7 Å². The summed E-state index contributed by atoms with van der Waals surface area (Å²) >= 11 is 5.72. The lowest BCUT2D eigenvalue weighted by molar-refractivity contribution is 0.0681. The van der Waals surface area contributed by atoms with Gasteiger partial charge in [-0.05, 0) is 24.3 Å². The summed E-state index contributed by atoms with van der Waals surface area (Å²) in [5.74, 6) is -1.25. The maximum absolute atomic E-state index is 10.8. The highest BCUT2D eigenvalue weighted by molar-refractivity contribution is 6.30. The molecule has 0 aliphatic heterocycles. The Morgan fingerprint density at radius 2 is 2.00 bits per heavy atom. The lowest BCUT2D eigenvalue weighted by Crippen LogP contribution is -2.07. The maximum Gasteiger partial charge on any atom is 0.374 e. The van der Waals surface area contributed by atoms with Crippen molar-refractivity contribution in [2.75, 3.05) is 0 Å². The molecule has 0 bridgehead atoms. The molecule has 0 radical (unpaired) electrons. The molecule has 2 rings (SSSR count). The minimum absolute atomic E-state index is 0.127. The van der Waals surface area contributed by atoms with Crippen molar-refractivity contribution in [3.63, 3.8) is 0 Å². The van der Waals surface area contributed by atoms with Gasteiger partial charge in [0.15, 0.2) is 0 Å². The van der Waals surface area contributed by atoms with Crippen molar-refractivity contribution in [3.8, 4) is 5.69 Å². The van der Waals surface area contributed by atoms with Gasteiger partial charge in [-0.2, -0.15) is 0 Å². The van der Waals surface area contributed by atoms with Crippen LogP contribution in [0.3, 0.4) is 0 Å². The molecule has 0 fully saturated rings. The molecule has 0 atom stereocenters. The molecule has 0 unspecified atom stereocenters. The summed E-state index contributed by atoms with van der Waals surface area (Å²) in [6.07, 6.45) is 1.34. The van der Waals surface area contributed by atoms with Crippen LogP contribution in [0.4, 0.5) is 0 Å². The van der Waals surface area contributed by atoms with E-state index in [0.29, 0.717) is 10.7 Å². The Labute approximate surface area is 89.9 Å². The molecule has 1 N–H and O–H groups in total. The van der Waals surface area contributed by atoms with Gasteiger partial charge in [-0.1, -0.05) is 11.6 Å². The van der Waals surface area contributed by atoms with E-state index < -0.39 is 5.97 Å². The SMILES string of the molecule is O=C(O)c1nncn1-c1ccc(Cl)cc1. The molecular formula is C9H6ClN3O2. The van der Waals surface area contributed by atoms with Gasteiger partial charge in [0.2, 0.25) is 5.82 Å². The van der Waals surface area contributed by atoms with Gasteiger partial charge in [0, 0.05) is 10.7 Å². The molecule has 0 amide bonds. The van der Waals surface area contributed by atoms with Gasteiger partial charge in [0.25, 0.3) is 0 Å². The average molecular weight is 224 g/mol. The van der Waals surface area contributed by atoms with Gasteiger partial charge < -0.3 is 5.11 Å². The van der Waals surface area contributed by atoms with Gasteiger partial charge in [0.05, 0.1) is 0 Å². The molecule has 1 aromatic heterocycles. The maximum atomic E-state index is 10.8. The number of aromatic nitrogens is 3. The molecule has 0 saturated carbocycles. The lowest BCUT2D eigenvalue weighted by Gasteiger charge is -2.02. The molecule has 0 aliphatic rings. The number of nitrogens with zero attached hydrogens (tertiary/aromatic N) is 3. The number of halogens is 1. The Hall–Kier alpha value is -1.88. The first-order valence-electron chi connectivity index (χ1n) is 4.08. The molecule has 0 spiro atoms. The predicted molar refractivity (Wildman–Crippen MR) is 53.3 cm³/mol. The van der Waals surface area contributed by atoms with Gasteiger partial charge >= 0.3 is 5.97 Å². The fourth-order valence-electron chi connectivity index (χ4n) is 1.17. The summed E-state index contributed by atoms with van der Waals surface area (Å²) in [6, 6.07) is 6.72. The van der Waals surface area contributed by atoms with Crippen LogP contribution in [0.2, 0.25) is 5.02 Å². The highest BCUT2D eigenvalue weighted by atomic mass is 35.5. The zero-order valence-corrected chi connectivity index (χ0v) is 8.22. The Kier molecular flexibility index (Phi) is 2.39. The molecule has 1 heterocycles. The van der Waals surface area contributed by atoms with E-state index >= 15 is 0 Å². The largest absolute Gasteiger partial charge is 0.475 e. The Balaban J connectivity index is 2.49. The normalized spacial score (nSPS) is 10.2. The smallest absolute Gasteiger partial charge is 0.374 e. The van der Waals surface area contributed by atoms with Crippen LogP contribution in [-0.2, 0) is 0 Å². The fourth-order valence-corrected chi connectivity index (χ4v) is 1.30. The Morgan fingerprint density at radius 1 is 1.33 bits per heavy atom. The van der Waals surface area contributed by atoms with Crippen LogP contribution in [-0.4, -0.2) is 25.8 Å². The van der Waals surface area contributed by atoms with E-state index in [9.17, 15) is 4.79 Å². The Morgan fingerprint density at radius 3 is 2.60 bits per heavy atom. The topological polar surface area (TPSA) is 68.0 Å². The number of carboxylic acids is 1. The van der Waals surface area contributed by atoms with E-state index in [1.54, 1.807) is 24.3 Å². The summed E-state index contributed by atoms with van der Waals surface area (Å²) in [5.41, 5.74) is 0.654. The quantitative estimate of drug-likeness (QED) is 0.840. The van der Waals surface area contributed by atoms with Crippen LogP contribution < -0.4 is 0 Å². The van der Waals surface area contributed by atoms with E-state index in [1.165, 1.54) is 10.9 Å². The second-order valence-corrected chi connectivity index (χ2v) is 3.24. The zero-order chi connectivity index (χ0) is 10.8. The van der Waals surface area contributed by atoms with Crippen LogP contribution in [0, 0.1) is 0 Å². The van der Waals surface area contributed by atoms with Gasteiger partial charge in [-0.15, -0.1) is 10.2 Å². The highest BCUT2D eigenvalue weighted by Crippen LogP contribution is 2.14. The fraction of sp³-hybridized carbons (Fsp3) is 0. The number of hydrogen-bond acceptors (Lipinski definition) is 3. The van der Waals surface area contributed by atoms with E-state index in [0.717, 1.165) is 0 Å². The number of carboxylic acid groups (broad SMARTS) is 1. The molecule has 76 valence electrons. The second-order valence-electron chi connectivity index (χ2n) is 2.81. The van der Waals surface area contributed by atoms with Crippen LogP contribution >= 0.6 is 11.6 Å². The standard InChI is InChI=1S/C9H6ClN3O2/c10-6-1-3-7(4-2-6)13-5-11-12-8(13)9(14)15/h1-5H,(H,14,15). The minimum Gasteiger partial charge on any atom is -0.475 e. The van der Waals surface area contributed by atoms with Crippen molar-refractivity contribution in [3.05, 3.63) is 41.4 Å². The first-order chi connectivity index (χ1) is 7.18. The van der Waals surface area contributed by atoms with E-state index in [2.05, 4.69) is 10.2 Å². The van der Waals surface area contributed by atoms with E-state index in [-0.39, 0.29) is 5.82 Å². The number of hydrogen-bond donors (Lipinski definition) is 1. The first-order valence-corrected chi connectivity index (χ1v) is 4.45. The van der Waals surface area contributed by atoms with Crippen LogP contribution in [0.1, 0.15) is 10.6 Å². The molecule has 5 nitrogen and oxygen atoms in total. The van der Waals surface area contributed by atoms with Crippen LogP contribution in [0.25, 0.3) is 5.69 Å². The predicted octanol–water partition coefficient (Wildman–Crippen LogP) is 1.62. The van der Waals surface area contributed by atoms with Gasteiger partial charge in [-0.25, -0.2) is 4.79 Å². The molecule has 1 aromatic carbocycles. The molecular weight excluding hydrogens is 218 g/mol. The number of carbonyl (C=O) groups is 1. The van der Waals surface area contributed by atoms with Crippen molar-refractivity contribution in [1.29, 1.82) is 0 Å². The lowest BCUT2D eigenvalue weighted by atomic mass is 10.3. The van der Waals surface area contributed by atoms with Gasteiger partial charge in [-0.3, -0.25) is 4.57 Å². The summed E-state index contributed by atoms with van der Waals surface area (Å²) in [4.78, 5) is 10.8. The summed E-state index contributed by atoms with van der Waals surface area (Å²) < 4.78 is 1.37. The summed E-state index contributed by atoms with van der Waals surface area (Å²) in [7, 11) is 0. The average Bonchev–Trinajstić information content (AvgIpc) is 2.67. The molecule has 0 saturated heterocycles. The number of benzene rings is 1. The van der Waals surface area contributed by atoms with Crippen molar-refractivity contribution in [2.45, 2.75) is 0 Å². The molecule has 15 heavy (non-hydrogen) atoms. The summed E-state index contributed by atoms with van der Waals surface area (Å²) in [5, 5.41) is 16.4. The highest BCUT2D eigenvalue weighted by Gasteiger charge is 2.12. The zero-order valence-electron chi connectivity index (χ0n) is 7.46. The molecule has 0 aliphatic carbocycles. The van der Waals surface area contributed by atoms with Gasteiger partial charge in [0.1, 0.15) is 6.33 Å². The van der Waals surface area contributed by atoms with Crippen LogP contribution in [0.5, 0.6) is 0 Å². The Bertz CT molecular complexity index is 492. The first kappa shape index (κ1) is 9.67. The van der Waals surface area contributed by atoms with Crippen molar-refractivity contribution >= 4 is 17.6 Å². The van der Waals surface area contributed by atoms with E-state index in [1.807, 2.05) is 0 Å². The monoisotopic (exact) mass is 223 g/mol. The van der Waals surface area contributed by atoms with Crippen molar-refractivity contribution in [2.24, 2.45) is 0 Å². The third-order valence-corrected chi connectivity index (χ3v) is 2.10. The number of aromatic carboxylic acids is 1. The molecule has 6 heteroatoms. The minimum atomic E-state index is -1.12. The number of rotatable bonds is 2. The second kappa shape index (κ2) is 3.70. The third-order valence-electron chi connectivity index (χ3n) is 1.84. The molecule has 2 aromatic rings. The third kappa shape index (κ3) is 1.82. The summed E-state index contributed by atoms with van der Waals surface area (Å²) in [6.45, 7) is 0. The van der Waals surface area contributed by atoms with Crippen molar-refractivity contribution in [1.82, 2.24) is 14.8 Å². The van der Waals surface area contributed by atoms with Crippen LogP contribution in [0.15, 0.2) is 30.6 Å². The van der Waals surface area contributed by atoms with Crippen molar-refractivity contribution < 1.29 is 9.90 Å².